The average molecular weight is 1170 g/mol. The van der Waals surface area contributed by atoms with Gasteiger partial charge in [-0.1, -0.05) is 61.9 Å². The normalized spacial score (nSPS) is 45.7. The number of aliphatic hydroxyl groups excluding tert-OH is 5. The molecule has 4 heterocycles. The van der Waals surface area contributed by atoms with Crippen molar-refractivity contribution in [1.29, 1.82) is 0 Å². The Labute approximate surface area is 486 Å². The number of carbonyl (C=O) groups excluding carboxylic acids is 2. The number of benzene rings is 2. The molecule has 8 aliphatic rings. The Hall–Kier alpha value is -3.56. The summed E-state index contributed by atoms with van der Waals surface area (Å²) in [5.41, 5.74) is -0.301. The van der Waals surface area contributed by atoms with E-state index in [0.29, 0.717) is 49.7 Å². The molecule has 2 aromatic rings. The third kappa shape index (κ3) is 11.9. The largest absolute Gasteiger partial charge is 0.459 e. The number of ether oxygens (including phenoxy) is 13. The molecule has 0 spiro atoms. The molecule has 83 heavy (non-hydrogen) atoms. The summed E-state index contributed by atoms with van der Waals surface area (Å²) >= 11 is 0. The molecule has 4 aliphatic heterocycles. The summed E-state index contributed by atoms with van der Waals surface area (Å²) < 4.78 is 81.2. The zero-order valence-electron chi connectivity index (χ0n) is 49.1. The monoisotopic (exact) mass is 1170 g/mol. The summed E-state index contributed by atoms with van der Waals surface area (Å²) in [5.74, 6) is -1.29. The number of hydrogen-bond donors (Lipinski definition) is 6. The highest BCUT2D eigenvalue weighted by molar-refractivity contribution is 5.90. The lowest BCUT2D eigenvalue weighted by molar-refractivity contribution is -0.373. The number of hydrogen-bond acceptors (Lipinski definition) is 21. The van der Waals surface area contributed by atoms with Gasteiger partial charge in [0.15, 0.2) is 25.2 Å². The summed E-state index contributed by atoms with van der Waals surface area (Å²) in [6, 6.07) is 17.9. The van der Waals surface area contributed by atoms with Crippen LogP contribution in [0.1, 0.15) is 120 Å². The molecule has 10 rings (SSSR count). The first-order chi connectivity index (χ1) is 39.7. The second-order valence-electron chi connectivity index (χ2n) is 24.9. The third-order valence-electron chi connectivity index (χ3n) is 20.5. The molecule has 2 aromatic carbocycles. The van der Waals surface area contributed by atoms with E-state index in [2.05, 4.69) is 19.9 Å². The van der Waals surface area contributed by atoms with E-state index in [-0.39, 0.29) is 35.7 Å². The van der Waals surface area contributed by atoms with Crippen LogP contribution in [0.4, 0.5) is 0 Å². The Kier molecular flexibility index (Phi) is 19.3. The van der Waals surface area contributed by atoms with Crippen LogP contribution in [0.2, 0.25) is 0 Å². The van der Waals surface area contributed by atoms with Crippen LogP contribution in [-0.4, -0.2) is 205 Å². The van der Waals surface area contributed by atoms with Crippen LogP contribution in [0.3, 0.4) is 0 Å². The molecule has 4 saturated heterocycles. The molecule has 27 atom stereocenters. The minimum absolute atomic E-state index is 0.00960. The maximum atomic E-state index is 14.1. The van der Waals surface area contributed by atoms with Gasteiger partial charge in [0.1, 0.15) is 67.1 Å². The van der Waals surface area contributed by atoms with Gasteiger partial charge >= 0.3 is 11.9 Å². The molecule has 9 unspecified atom stereocenters. The van der Waals surface area contributed by atoms with Crippen molar-refractivity contribution in [3.05, 3.63) is 83.4 Å². The van der Waals surface area contributed by atoms with Gasteiger partial charge in [-0.05, 0) is 114 Å². The van der Waals surface area contributed by atoms with Gasteiger partial charge in [0.25, 0.3) is 0 Å². The Balaban J connectivity index is 0.760. The van der Waals surface area contributed by atoms with Crippen molar-refractivity contribution in [2.45, 2.75) is 234 Å². The molecule has 0 bridgehead atoms. The van der Waals surface area contributed by atoms with Crippen molar-refractivity contribution in [3.8, 4) is 0 Å². The smallest absolute Gasteiger partial charge is 0.338 e. The molecular weight excluding hydrogens is 1080 g/mol. The molecule has 462 valence electrons. The standard InChI is InChI=1S/C62H88O21/c1-31(76-56(68)35-16-12-10-13-17-35)39-23-25-62(70)40-21-20-37-26-38(22-24-60(37,5)41(40)27-45(61(39,62)6)80-57(69)36-18-14-11-15-19-36)78-46-28-42(71-7)52(32(2)74-46)81-47-29-43(72-8)53(33(3)75-47)82-59-51(67)55(73-9)54(34(4)77-59)83-58-50(66)49(65)48(64)44(30-63)79-58/h10-20,31-34,38-55,58-59,63-67,70H,21-30H2,1-9H3/t31?,32?,33?,34?,38-,39+,40?,41?,42+,43+,44?,45+,46-,47-,48+,49-,50?,51?,52+,53+,54+,55+,58-,59-,60-,61-,62-/m0/s1. The first-order valence-corrected chi connectivity index (χ1v) is 29.8. The van der Waals surface area contributed by atoms with Crippen LogP contribution in [0, 0.1) is 28.6 Å². The lowest BCUT2D eigenvalue weighted by atomic mass is 9.44. The number of fused-ring (bicyclic) bond motifs is 5. The summed E-state index contributed by atoms with van der Waals surface area (Å²) in [6.07, 6.45) is -11.9. The molecule has 0 amide bonds. The molecule has 7 fully saturated rings. The number of esters is 2. The second-order valence-corrected chi connectivity index (χ2v) is 24.9. The van der Waals surface area contributed by atoms with E-state index >= 15 is 0 Å². The van der Waals surface area contributed by atoms with Crippen molar-refractivity contribution >= 4 is 11.9 Å². The average Bonchev–Trinajstić information content (AvgIpc) is 2.38. The molecule has 0 radical (unpaired) electrons. The molecule has 6 N–H and O–H groups in total. The van der Waals surface area contributed by atoms with E-state index in [0.717, 1.165) is 12.8 Å². The summed E-state index contributed by atoms with van der Waals surface area (Å²) in [4.78, 5) is 27.5. The van der Waals surface area contributed by atoms with E-state index in [9.17, 15) is 40.2 Å². The Bertz CT molecular complexity index is 2520. The van der Waals surface area contributed by atoms with Gasteiger partial charge in [0.2, 0.25) is 0 Å². The predicted octanol–water partition coefficient (Wildman–Crippen LogP) is 4.52. The van der Waals surface area contributed by atoms with Gasteiger partial charge in [0.05, 0.1) is 60.0 Å². The molecular formula is C62H88O21. The van der Waals surface area contributed by atoms with Crippen LogP contribution in [0.15, 0.2) is 72.3 Å². The van der Waals surface area contributed by atoms with Crippen molar-refractivity contribution in [3.63, 3.8) is 0 Å². The van der Waals surface area contributed by atoms with Crippen molar-refractivity contribution in [2.24, 2.45) is 28.6 Å². The maximum Gasteiger partial charge on any atom is 0.338 e. The highest BCUT2D eigenvalue weighted by atomic mass is 16.8. The topological polar surface area (TPSA) is 276 Å². The van der Waals surface area contributed by atoms with Crippen molar-refractivity contribution in [1.82, 2.24) is 0 Å². The van der Waals surface area contributed by atoms with Crippen LogP contribution < -0.4 is 0 Å². The minimum Gasteiger partial charge on any atom is -0.459 e. The number of allylic oxidation sites excluding steroid dienone is 1. The zero-order chi connectivity index (χ0) is 59.3. The van der Waals surface area contributed by atoms with E-state index in [1.807, 2.05) is 45.0 Å². The van der Waals surface area contributed by atoms with Crippen molar-refractivity contribution < 1.29 is 102 Å². The molecule has 0 aromatic heterocycles. The highest BCUT2D eigenvalue weighted by Crippen LogP contribution is 2.69. The first-order valence-electron chi connectivity index (χ1n) is 29.8. The van der Waals surface area contributed by atoms with Gasteiger partial charge in [-0.3, -0.25) is 0 Å². The molecule has 21 heteroatoms. The summed E-state index contributed by atoms with van der Waals surface area (Å²) in [6.45, 7) is 11.0. The minimum atomic E-state index is -1.67. The van der Waals surface area contributed by atoms with Gasteiger partial charge in [-0.25, -0.2) is 9.59 Å². The Morgan fingerprint density at radius 2 is 1.22 bits per heavy atom. The van der Waals surface area contributed by atoms with Crippen LogP contribution in [0.5, 0.6) is 0 Å². The van der Waals surface area contributed by atoms with E-state index in [1.54, 1.807) is 57.5 Å². The Morgan fingerprint density at radius 3 is 1.83 bits per heavy atom. The highest BCUT2D eigenvalue weighted by Gasteiger charge is 2.72. The van der Waals surface area contributed by atoms with Crippen LogP contribution in [-0.2, 0) is 61.6 Å². The number of rotatable bonds is 17. The third-order valence-corrected chi connectivity index (χ3v) is 20.5. The van der Waals surface area contributed by atoms with E-state index in [4.69, 9.17) is 61.6 Å². The van der Waals surface area contributed by atoms with E-state index < -0.39 is 152 Å². The van der Waals surface area contributed by atoms with Gasteiger partial charge < -0.3 is 92.2 Å². The lowest BCUT2D eigenvalue weighted by Crippen LogP contribution is -2.67. The molecule has 21 nitrogen and oxygen atoms in total. The Morgan fingerprint density at radius 1 is 0.639 bits per heavy atom. The quantitative estimate of drug-likeness (QED) is 0.0938. The maximum absolute atomic E-state index is 14.1. The number of methoxy groups -OCH3 is 3. The fraction of sp³-hybridized carbons (Fsp3) is 0.742. The second kappa shape index (κ2) is 25.6. The predicted molar refractivity (Wildman–Crippen MR) is 293 cm³/mol. The number of carbonyl (C=O) groups is 2. The van der Waals surface area contributed by atoms with Crippen molar-refractivity contribution in [2.75, 3.05) is 27.9 Å². The summed E-state index contributed by atoms with van der Waals surface area (Å²) in [5, 5.41) is 65.9. The van der Waals surface area contributed by atoms with E-state index in [1.165, 1.54) is 12.7 Å². The zero-order valence-corrected chi connectivity index (χ0v) is 49.1. The first kappa shape index (κ1) is 62.5. The summed E-state index contributed by atoms with van der Waals surface area (Å²) in [7, 11) is 4.56. The molecule has 3 saturated carbocycles. The fourth-order valence-electron chi connectivity index (χ4n) is 15.8. The SMILES string of the molecule is CO[C@@H]1C(O)[C@H](O[C@@H]2C(C)O[C@@H](O[C@@H]3C(C)O[C@@H](O[C@H]4CC[C@@]5(C)C(=CCC6C5C[C@@H](OC(=O)c5ccccc5)[C@]5(C)[C@@H](C(C)OC(=O)c7ccccc7)CC[C@]65O)C4)C[C@H]3OC)C[C@H]2OC)OC(C)[C@H]1O[C@@H]1OC(CO)[C@@H](O)[C@H](O)C1O. The lowest BCUT2D eigenvalue weighted by Gasteiger charge is -2.63. The number of aliphatic hydroxyl groups is 6. The van der Waals surface area contributed by atoms with Gasteiger partial charge in [0, 0.05) is 45.5 Å². The van der Waals surface area contributed by atoms with Gasteiger partial charge in [-0.2, -0.15) is 0 Å². The van der Waals surface area contributed by atoms with Gasteiger partial charge in [-0.15, -0.1) is 0 Å². The van der Waals surface area contributed by atoms with Crippen LogP contribution >= 0.6 is 0 Å². The molecule has 4 aliphatic carbocycles. The van der Waals surface area contributed by atoms with Crippen LogP contribution in [0.25, 0.3) is 0 Å². The fourth-order valence-corrected chi connectivity index (χ4v) is 15.8.